The van der Waals surface area contributed by atoms with Gasteiger partial charge in [0.25, 0.3) is 0 Å². The molecule has 0 unspecified atom stereocenters. The van der Waals surface area contributed by atoms with Gasteiger partial charge >= 0.3 is 0 Å². The fourth-order valence-electron chi connectivity index (χ4n) is 1.88. The zero-order valence-corrected chi connectivity index (χ0v) is 8.77. The monoisotopic (exact) mass is 202 g/mol. The normalized spacial score (nSPS) is 16.1. The van der Waals surface area contributed by atoms with E-state index >= 15 is 0 Å². The maximum atomic E-state index is 4.20. The van der Waals surface area contributed by atoms with Gasteiger partial charge in [0.15, 0.2) is 0 Å². The molecular weight excluding hydrogens is 188 g/mol. The molecule has 0 aliphatic heterocycles. The first kappa shape index (κ1) is 8.85. The van der Waals surface area contributed by atoms with Crippen molar-refractivity contribution in [2.45, 2.75) is 25.4 Å². The molecule has 2 aromatic rings. The van der Waals surface area contributed by atoms with Crippen LogP contribution in [0.2, 0.25) is 0 Å². The van der Waals surface area contributed by atoms with Gasteiger partial charge in [-0.15, -0.1) is 5.10 Å². The second kappa shape index (κ2) is 3.31. The minimum atomic E-state index is 0.597. The molecule has 1 saturated carbocycles. The van der Waals surface area contributed by atoms with Gasteiger partial charge in [-0.1, -0.05) is 11.3 Å². The summed E-state index contributed by atoms with van der Waals surface area (Å²) in [6.45, 7) is 0.895. The molecule has 4 heteroatoms. The maximum Gasteiger partial charge on any atom is 0.113 e. The summed E-state index contributed by atoms with van der Waals surface area (Å²) in [5, 5.41) is 11.5. The molecule has 0 bridgehead atoms. The van der Waals surface area contributed by atoms with Crippen molar-refractivity contribution in [3.05, 3.63) is 23.8 Å². The molecule has 4 nitrogen and oxygen atoms in total. The van der Waals surface area contributed by atoms with Crippen molar-refractivity contribution < 1.29 is 0 Å². The summed E-state index contributed by atoms with van der Waals surface area (Å²) in [6, 6.07) is 6.93. The lowest BCUT2D eigenvalue weighted by Gasteiger charge is -2.01. The molecule has 1 aliphatic carbocycles. The quantitative estimate of drug-likeness (QED) is 0.820. The van der Waals surface area contributed by atoms with Gasteiger partial charge in [0.05, 0.1) is 11.6 Å². The fraction of sp³-hybridized carbons (Fsp3) is 0.455. The third-order valence-corrected chi connectivity index (χ3v) is 2.81. The summed E-state index contributed by atoms with van der Waals surface area (Å²) in [5.41, 5.74) is 3.46. The number of benzene rings is 1. The minimum Gasteiger partial charge on any atom is -0.316 e. The molecule has 1 N–H and O–H groups in total. The summed E-state index contributed by atoms with van der Waals surface area (Å²) >= 11 is 0. The van der Waals surface area contributed by atoms with Crippen molar-refractivity contribution in [3.63, 3.8) is 0 Å². The van der Waals surface area contributed by atoms with Crippen molar-refractivity contribution in [1.29, 1.82) is 0 Å². The largest absolute Gasteiger partial charge is 0.316 e. The van der Waals surface area contributed by atoms with Crippen molar-refractivity contribution in [2.24, 2.45) is 0 Å². The predicted molar refractivity (Wildman–Crippen MR) is 58.6 cm³/mol. The Kier molecular flexibility index (Phi) is 1.95. The van der Waals surface area contributed by atoms with Gasteiger partial charge in [-0.05, 0) is 37.6 Å². The van der Waals surface area contributed by atoms with Gasteiger partial charge in [0, 0.05) is 6.54 Å². The molecule has 1 aromatic heterocycles. The van der Waals surface area contributed by atoms with Crippen LogP contribution in [-0.4, -0.2) is 22.0 Å². The molecule has 1 aromatic carbocycles. The Bertz CT molecular complexity index is 484. The standard InChI is InChI=1S/C11H14N4/c1-12-7-8-2-5-10-11(6-8)15(14-13-10)9-3-4-9/h2,5-6,9,12H,3-4,7H2,1H3. The van der Waals surface area contributed by atoms with Crippen LogP contribution in [-0.2, 0) is 6.54 Å². The third kappa shape index (κ3) is 1.51. The third-order valence-electron chi connectivity index (χ3n) is 2.81. The Balaban J connectivity index is 2.09. The molecular formula is C11H14N4. The first-order chi connectivity index (χ1) is 7.38. The molecule has 0 radical (unpaired) electrons. The van der Waals surface area contributed by atoms with E-state index in [1.807, 2.05) is 13.1 Å². The van der Waals surface area contributed by atoms with E-state index < -0.39 is 0 Å². The highest BCUT2D eigenvalue weighted by Gasteiger charge is 2.26. The average Bonchev–Trinajstić information content (AvgIpc) is 3.00. The lowest BCUT2D eigenvalue weighted by molar-refractivity contribution is 0.629. The molecule has 1 aliphatic rings. The van der Waals surface area contributed by atoms with E-state index in [0.29, 0.717) is 6.04 Å². The molecule has 0 spiro atoms. The molecule has 78 valence electrons. The zero-order chi connectivity index (χ0) is 10.3. The summed E-state index contributed by atoms with van der Waals surface area (Å²) in [4.78, 5) is 0. The Morgan fingerprint density at radius 1 is 1.47 bits per heavy atom. The maximum absolute atomic E-state index is 4.20. The van der Waals surface area contributed by atoms with Crippen molar-refractivity contribution in [1.82, 2.24) is 20.3 Å². The smallest absolute Gasteiger partial charge is 0.113 e. The van der Waals surface area contributed by atoms with E-state index in [-0.39, 0.29) is 0 Å². The van der Waals surface area contributed by atoms with Gasteiger partial charge in [-0.3, -0.25) is 0 Å². The van der Waals surface area contributed by atoms with E-state index in [1.54, 1.807) is 0 Å². The van der Waals surface area contributed by atoms with Crippen LogP contribution < -0.4 is 5.32 Å². The fourth-order valence-corrected chi connectivity index (χ4v) is 1.88. The van der Waals surface area contributed by atoms with Gasteiger partial charge in [0.1, 0.15) is 5.52 Å². The van der Waals surface area contributed by atoms with E-state index in [4.69, 9.17) is 0 Å². The molecule has 1 fully saturated rings. The SMILES string of the molecule is CNCc1ccc2nnn(C3CC3)c2c1. The number of nitrogens with zero attached hydrogens (tertiary/aromatic N) is 3. The number of hydrogen-bond donors (Lipinski definition) is 1. The Hall–Kier alpha value is -1.42. The zero-order valence-electron chi connectivity index (χ0n) is 8.77. The van der Waals surface area contributed by atoms with E-state index in [1.165, 1.54) is 23.9 Å². The van der Waals surface area contributed by atoms with Crippen LogP contribution in [0.1, 0.15) is 24.4 Å². The topological polar surface area (TPSA) is 42.7 Å². The van der Waals surface area contributed by atoms with Gasteiger partial charge in [0.2, 0.25) is 0 Å². The first-order valence-corrected chi connectivity index (χ1v) is 5.37. The average molecular weight is 202 g/mol. The number of rotatable bonds is 3. The Morgan fingerprint density at radius 2 is 2.33 bits per heavy atom. The van der Waals surface area contributed by atoms with Gasteiger partial charge in [-0.2, -0.15) is 0 Å². The van der Waals surface area contributed by atoms with Crippen LogP contribution in [0, 0.1) is 0 Å². The van der Waals surface area contributed by atoms with E-state index in [2.05, 4.69) is 32.4 Å². The van der Waals surface area contributed by atoms with E-state index in [9.17, 15) is 0 Å². The number of aromatic nitrogens is 3. The highest BCUT2D eigenvalue weighted by Crippen LogP contribution is 2.36. The van der Waals surface area contributed by atoms with Crippen LogP contribution in [0.3, 0.4) is 0 Å². The lowest BCUT2D eigenvalue weighted by atomic mass is 10.2. The highest BCUT2D eigenvalue weighted by atomic mass is 15.4. The van der Waals surface area contributed by atoms with Crippen LogP contribution >= 0.6 is 0 Å². The Morgan fingerprint density at radius 3 is 3.07 bits per heavy atom. The van der Waals surface area contributed by atoms with Crippen molar-refractivity contribution in [2.75, 3.05) is 7.05 Å². The lowest BCUT2D eigenvalue weighted by Crippen LogP contribution is -2.05. The second-order valence-corrected chi connectivity index (χ2v) is 4.12. The van der Waals surface area contributed by atoms with E-state index in [0.717, 1.165) is 12.1 Å². The second-order valence-electron chi connectivity index (χ2n) is 4.12. The number of fused-ring (bicyclic) bond motifs is 1. The molecule has 0 amide bonds. The van der Waals surface area contributed by atoms with Crippen molar-refractivity contribution in [3.8, 4) is 0 Å². The number of hydrogen-bond acceptors (Lipinski definition) is 3. The molecule has 0 atom stereocenters. The predicted octanol–water partition coefficient (Wildman–Crippen LogP) is 1.49. The van der Waals surface area contributed by atoms with Crippen LogP contribution in [0.25, 0.3) is 11.0 Å². The molecule has 1 heterocycles. The number of nitrogens with one attached hydrogen (secondary N) is 1. The molecule has 15 heavy (non-hydrogen) atoms. The van der Waals surface area contributed by atoms with Crippen LogP contribution in [0.15, 0.2) is 18.2 Å². The summed E-state index contributed by atoms with van der Waals surface area (Å²) < 4.78 is 2.06. The first-order valence-electron chi connectivity index (χ1n) is 5.37. The van der Waals surface area contributed by atoms with Gasteiger partial charge in [-0.25, -0.2) is 4.68 Å². The van der Waals surface area contributed by atoms with Crippen molar-refractivity contribution >= 4 is 11.0 Å². The van der Waals surface area contributed by atoms with Crippen LogP contribution in [0.4, 0.5) is 0 Å². The Labute approximate surface area is 88.3 Å². The summed E-state index contributed by atoms with van der Waals surface area (Å²) in [7, 11) is 1.96. The summed E-state index contributed by atoms with van der Waals surface area (Å²) in [5.74, 6) is 0. The van der Waals surface area contributed by atoms with Gasteiger partial charge < -0.3 is 5.32 Å². The summed E-state index contributed by atoms with van der Waals surface area (Å²) in [6.07, 6.45) is 2.49. The molecule has 0 saturated heterocycles. The minimum absolute atomic E-state index is 0.597. The molecule has 3 rings (SSSR count). The van der Waals surface area contributed by atoms with Crippen LogP contribution in [0.5, 0.6) is 0 Å². The highest BCUT2D eigenvalue weighted by molar-refractivity contribution is 5.75.